The van der Waals surface area contributed by atoms with Crippen LogP contribution in [-0.4, -0.2) is 19.0 Å². The molecule has 0 heterocycles. The van der Waals surface area contributed by atoms with Crippen molar-refractivity contribution in [2.45, 2.75) is 20.4 Å². The first-order valence-electron chi connectivity index (χ1n) is 6.19. The van der Waals surface area contributed by atoms with Crippen LogP contribution in [0.3, 0.4) is 0 Å². The van der Waals surface area contributed by atoms with Crippen LogP contribution >= 0.6 is 0 Å². The molecule has 0 aromatic heterocycles. The molecule has 0 atom stereocenters. The van der Waals surface area contributed by atoms with Gasteiger partial charge in [0.25, 0.3) is 0 Å². The van der Waals surface area contributed by atoms with E-state index in [0.29, 0.717) is 23.6 Å². The zero-order valence-electron chi connectivity index (χ0n) is 11.2. The van der Waals surface area contributed by atoms with Crippen molar-refractivity contribution < 1.29 is 9.18 Å². The Kier molecular flexibility index (Phi) is 5.97. The predicted octanol–water partition coefficient (Wildman–Crippen LogP) is 1.56. The van der Waals surface area contributed by atoms with Crippen LogP contribution in [-0.2, 0) is 11.3 Å². The Hall–Kier alpha value is -1.93. The number of halogens is 1. The SMILES string of the molecule is CC(C)CNC(=O)CNCc1cc(C#N)ccc1F. The molecular weight excluding hydrogens is 245 g/mol. The van der Waals surface area contributed by atoms with Crippen LogP contribution < -0.4 is 10.6 Å². The van der Waals surface area contributed by atoms with Crippen molar-refractivity contribution >= 4 is 5.91 Å². The second-order valence-electron chi connectivity index (χ2n) is 4.72. The topological polar surface area (TPSA) is 64.9 Å². The minimum absolute atomic E-state index is 0.120. The minimum Gasteiger partial charge on any atom is -0.355 e. The molecule has 0 aliphatic heterocycles. The van der Waals surface area contributed by atoms with E-state index in [1.807, 2.05) is 19.9 Å². The van der Waals surface area contributed by atoms with Gasteiger partial charge in [-0.1, -0.05) is 13.8 Å². The van der Waals surface area contributed by atoms with E-state index >= 15 is 0 Å². The lowest BCUT2D eigenvalue weighted by atomic mass is 10.1. The Labute approximate surface area is 112 Å². The molecule has 0 radical (unpaired) electrons. The average Bonchev–Trinajstić information content (AvgIpc) is 2.38. The molecule has 1 aromatic carbocycles. The zero-order valence-corrected chi connectivity index (χ0v) is 11.2. The van der Waals surface area contributed by atoms with E-state index in [-0.39, 0.29) is 24.8 Å². The summed E-state index contributed by atoms with van der Waals surface area (Å²) in [5, 5.41) is 14.3. The van der Waals surface area contributed by atoms with Crippen LogP contribution in [0.5, 0.6) is 0 Å². The highest BCUT2D eigenvalue weighted by atomic mass is 19.1. The molecule has 0 aliphatic rings. The van der Waals surface area contributed by atoms with Crippen LogP contribution in [0.4, 0.5) is 4.39 Å². The molecule has 0 fully saturated rings. The van der Waals surface area contributed by atoms with Gasteiger partial charge in [-0.05, 0) is 24.1 Å². The first kappa shape index (κ1) is 15.1. The summed E-state index contributed by atoms with van der Waals surface area (Å²) in [6.45, 7) is 4.99. The Morgan fingerprint density at radius 3 is 2.84 bits per heavy atom. The molecule has 2 N–H and O–H groups in total. The van der Waals surface area contributed by atoms with Crippen LogP contribution in [0.2, 0.25) is 0 Å². The van der Waals surface area contributed by atoms with Gasteiger partial charge < -0.3 is 10.6 Å². The smallest absolute Gasteiger partial charge is 0.233 e. The summed E-state index contributed by atoms with van der Waals surface area (Å²) in [6, 6.07) is 6.12. The van der Waals surface area contributed by atoms with Gasteiger partial charge in [0.05, 0.1) is 18.2 Å². The molecule has 4 nitrogen and oxygen atoms in total. The van der Waals surface area contributed by atoms with Crippen molar-refractivity contribution in [1.29, 1.82) is 5.26 Å². The summed E-state index contributed by atoms with van der Waals surface area (Å²) >= 11 is 0. The number of amides is 1. The summed E-state index contributed by atoms with van der Waals surface area (Å²) in [7, 11) is 0. The lowest BCUT2D eigenvalue weighted by Crippen LogP contribution is -2.35. The van der Waals surface area contributed by atoms with Gasteiger partial charge in [-0.15, -0.1) is 0 Å². The van der Waals surface area contributed by atoms with Gasteiger partial charge in [-0.25, -0.2) is 4.39 Å². The third kappa shape index (κ3) is 5.49. The van der Waals surface area contributed by atoms with E-state index in [4.69, 9.17) is 5.26 Å². The number of hydrogen-bond donors (Lipinski definition) is 2. The van der Waals surface area contributed by atoms with Gasteiger partial charge in [-0.3, -0.25) is 4.79 Å². The van der Waals surface area contributed by atoms with Crippen molar-refractivity contribution in [2.24, 2.45) is 5.92 Å². The van der Waals surface area contributed by atoms with E-state index in [0.717, 1.165) is 0 Å². The minimum atomic E-state index is -0.380. The molecule has 1 rings (SSSR count). The van der Waals surface area contributed by atoms with Gasteiger partial charge >= 0.3 is 0 Å². The fourth-order valence-electron chi connectivity index (χ4n) is 1.47. The molecule has 0 unspecified atom stereocenters. The molecule has 102 valence electrons. The molecule has 1 aromatic rings. The largest absolute Gasteiger partial charge is 0.355 e. The number of rotatable bonds is 6. The quantitative estimate of drug-likeness (QED) is 0.818. The zero-order chi connectivity index (χ0) is 14.3. The summed E-state index contributed by atoms with van der Waals surface area (Å²) in [5.74, 6) is -0.103. The third-order valence-corrected chi connectivity index (χ3v) is 2.48. The van der Waals surface area contributed by atoms with E-state index in [1.165, 1.54) is 18.2 Å². The molecule has 1 amide bonds. The number of nitrogens with zero attached hydrogens (tertiary/aromatic N) is 1. The lowest BCUT2D eigenvalue weighted by Gasteiger charge is -2.09. The van der Waals surface area contributed by atoms with E-state index in [9.17, 15) is 9.18 Å². The number of benzene rings is 1. The van der Waals surface area contributed by atoms with E-state index in [2.05, 4.69) is 10.6 Å². The number of nitrogens with one attached hydrogen (secondary N) is 2. The Bertz CT molecular complexity index is 480. The molecule has 0 saturated heterocycles. The van der Waals surface area contributed by atoms with E-state index in [1.54, 1.807) is 0 Å². The van der Waals surface area contributed by atoms with Crippen molar-refractivity contribution in [3.63, 3.8) is 0 Å². The summed E-state index contributed by atoms with van der Waals surface area (Å²) in [6.07, 6.45) is 0. The van der Waals surface area contributed by atoms with Crippen molar-refractivity contribution in [1.82, 2.24) is 10.6 Å². The molecular formula is C14H18FN3O. The number of hydrogen-bond acceptors (Lipinski definition) is 3. The Morgan fingerprint density at radius 1 is 1.47 bits per heavy atom. The summed E-state index contributed by atoms with van der Waals surface area (Å²) in [5.41, 5.74) is 0.790. The maximum atomic E-state index is 13.4. The van der Waals surface area contributed by atoms with Crippen molar-refractivity contribution in [2.75, 3.05) is 13.1 Å². The fraction of sp³-hybridized carbons (Fsp3) is 0.429. The van der Waals surface area contributed by atoms with Crippen LogP contribution in [0.25, 0.3) is 0 Å². The standard InChI is InChI=1S/C14H18FN3O/c1-10(2)7-18-14(19)9-17-8-12-5-11(6-16)3-4-13(12)15/h3-5,10,17H,7-9H2,1-2H3,(H,18,19). The molecule has 5 heteroatoms. The monoisotopic (exact) mass is 263 g/mol. The second-order valence-corrected chi connectivity index (χ2v) is 4.72. The van der Waals surface area contributed by atoms with Gasteiger partial charge in [0.1, 0.15) is 5.82 Å². The van der Waals surface area contributed by atoms with E-state index < -0.39 is 0 Å². The second kappa shape index (κ2) is 7.49. The Morgan fingerprint density at radius 2 is 2.21 bits per heavy atom. The number of nitriles is 1. The maximum absolute atomic E-state index is 13.4. The number of carbonyl (C=O) groups excluding carboxylic acids is 1. The van der Waals surface area contributed by atoms with Crippen molar-refractivity contribution in [3.05, 3.63) is 35.1 Å². The molecule has 0 aliphatic carbocycles. The highest BCUT2D eigenvalue weighted by Gasteiger charge is 2.05. The van der Waals surface area contributed by atoms with Gasteiger partial charge in [0.2, 0.25) is 5.91 Å². The van der Waals surface area contributed by atoms with Crippen LogP contribution in [0.15, 0.2) is 18.2 Å². The first-order valence-corrected chi connectivity index (χ1v) is 6.19. The third-order valence-electron chi connectivity index (χ3n) is 2.48. The highest BCUT2D eigenvalue weighted by Crippen LogP contribution is 2.09. The van der Waals surface area contributed by atoms with Gasteiger partial charge in [0.15, 0.2) is 0 Å². The number of carbonyl (C=O) groups is 1. The first-order chi connectivity index (χ1) is 9.02. The average molecular weight is 263 g/mol. The lowest BCUT2D eigenvalue weighted by molar-refractivity contribution is -0.120. The molecule has 0 spiro atoms. The maximum Gasteiger partial charge on any atom is 0.233 e. The van der Waals surface area contributed by atoms with Gasteiger partial charge in [-0.2, -0.15) is 5.26 Å². The summed E-state index contributed by atoms with van der Waals surface area (Å²) < 4.78 is 13.4. The van der Waals surface area contributed by atoms with Gasteiger partial charge in [0, 0.05) is 18.7 Å². The van der Waals surface area contributed by atoms with Crippen LogP contribution in [0.1, 0.15) is 25.0 Å². The molecule has 19 heavy (non-hydrogen) atoms. The van der Waals surface area contributed by atoms with Crippen molar-refractivity contribution in [3.8, 4) is 6.07 Å². The predicted molar refractivity (Wildman–Crippen MR) is 70.7 cm³/mol. The fourth-order valence-corrected chi connectivity index (χ4v) is 1.47. The Balaban J connectivity index is 2.41. The normalized spacial score (nSPS) is 10.3. The highest BCUT2D eigenvalue weighted by molar-refractivity contribution is 5.77. The molecule has 0 saturated carbocycles. The van der Waals surface area contributed by atoms with Crippen LogP contribution in [0, 0.1) is 23.1 Å². The molecule has 0 bridgehead atoms. The summed E-state index contributed by atoms with van der Waals surface area (Å²) in [4.78, 5) is 11.4.